The highest BCUT2D eigenvalue weighted by Crippen LogP contribution is 2.27. The highest BCUT2D eigenvalue weighted by molar-refractivity contribution is 6.23. The highest BCUT2D eigenvalue weighted by atomic mass is 16.2. The number of rotatable bonds is 6. The third-order valence-corrected chi connectivity index (χ3v) is 4.83. The Morgan fingerprint density at radius 3 is 2.00 bits per heavy atom. The highest BCUT2D eigenvalue weighted by Gasteiger charge is 2.35. The van der Waals surface area contributed by atoms with E-state index in [1.165, 1.54) is 4.90 Å². The van der Waals surface area contributed by atoms with Crippen LogP contribution in [0.15, 0.2) is 36.4 Å². The average molecular weight is 338 g/mol. The molecular formula is C20H22N2O3. The number of nitrogens with one attached hydrogen (secondary N) is 1. The van der Waals surface area contributed by atoms with Crippen LogP contribution in [0, 0.1) is 5.92 Å². The van der Waals surface area contributed by atoms with Gasteiger partial charge in [0.05, 0.1) is 11.1 Å². The Hall–Kier alpha value is -2.69. The first kappa shape index (κ1) is 17.1. The predicted molar refractivity (Wildman–Crippen MR) is 96.4 cm³/mol. The maximum atomic E-state index is 12.6. The second kappa shape index (κ2) is 7.05. The zero-order valence-corrected chi connectivity index (χ0v) is 14.5. The Morgan fingerprint density at radius 1 is 1.00 bits per heavy atom. The molecule has 1 aliphatic heterocycles. The van der Waals surface area contributed by atoms with E-state index in [4.69, 9.17) is 0 Å². The minimum Gasteiger partial charge on any atom is -0.354 e. The SMILES string of the molecule is CCC(CC)C(=O)NCCN1C(=O)c2cc3ccccc3cc2C1=O. The normalized spacial score (nSPS) is 13.6. The quantitative estimate of drug-likeness (QED) is 0.824. The van der Waals surface area contributed by atoms with Gasteiger partial charge in [0.25, 0.3) is 11.8 Å². The summed E-state index contributed by atoms with van der Waals surface area (Å²) in [7, 11) is 0. The Labute approximate surface area is 147 Å². The smallest absolute Gasteiger partial charge is 0.261 e. The summed E-state index contributed by atoms with van der Waals surface area (Å²) in [5, 5.41) is 4.70. The van der Waals surface area contributed by atoms with Gasteiger partial charge in [-0.2, -0.15) is 0 Å². The van der Waals surface area contributed by atoms with Crippen molar-refractivity contribution in [3.05, 3.63) is 47.5 Å². The fraction of sp³-hybridized carbons (Fsp3) is 0.350. The fourth-order valence-corrected chi connectivity index (χ4v) is 3.28. The Balaban J connectivity index is 1.72. The van der Waals surface area contributed by atoms with E-state index < -0.39 is 0 Å². The molecule has 1 N–H and O–H groups in total. The third kappa shape index (κ3) is 3.14. The van der Waals surface area contributed by atoms with Gasteiger partial charge in [-0.3, -0.25) is 19.3 Å². The number of carbonyl (C=O) groups excluding carboxylic acids is 3. The topological polar surface area (TPSA) is 66.5 Å². The molecule has 0 saturated heterocycles. The van der Waals surface area contributed by atoms with Crippen molar-refractivity contribution in [3.8, 4) is 0 Å². The van der Waals surface area contributed by atoms with E-state index in [0.29, 0.717) is 11.1 Å². The third-order valence-electron chi connectivity index (χ3n) is 4.83. The molecule has 25 heavy (non-hydrogen) atoms. The van der Waals surface area contributed by atoms with Crippen molar-refractivity contribution in [1.29, 1.82) is 0 Å². The molecule has 130 valence electrons. The Kier molecular flexibility index (Phi) is 4.83. The van der Waals surface area contributed by atoms with E-state index in [0.717, 1.165) is 23.6 Å². The van der Waals surface area contributed by atoms with Crippen molar-refractivity contribution in [3.63, 3.8) is 0 Å². The van der Waals surface area contributed by atoms with Gasteiger partial charge in [-0.05, 0) is 35.7 Å². The first-order chi connectivity index (χ1) is 12.1. The summed E-state index contributed by atoms with van der Waals surface area (Å²) in [4.78, 5) is 38.4. The second-order valence-corrected chi connectivity index (χ2v) is 6.31. The number of hydrogen-bond donors (Lipinski definition) is 1. The van der Waals surface area contributed by atoms with Crippen LogP contribution >= 0.6 is 0 Å². The summed E-state index contributed by atoms with van der Waals surface area (Å²) in [5.41, 5.74) is 0.880. The summed E-state index contributed by atoms with van der Waals surface area (Å²) in [6, 6.07) is 11.2. The minimum absolute atomic E-state index is 0.0209. The number of amides is 3. The zero-order valence-electron chi connectivity index (χ0n) is 14.5. The van der Waals surface area contributed by atoms with Gasteiger partial charge in [0.15, 0.2) is 0 Å². The number of carbonyl (C=O) groups is 3. The lowest BCUT2D eigenvalue weighted by atomic mass is 10.0. The van der Waals surface area contributed by atoms with Crippen LogP contribution in [0.25, 0.3) is 10.8 Å². The standard InChI is InChI=1S/C20H22N2O3/c1-3-13(4-2)18(23)21-9-10-22-19(24)16-11-14-7-5-6-8-15(14)12-17(16)20(22)25/h5-8,11-13H,3-4,9-10H2,1-2H3,(H,21,23). The van der Waals surface area contributed by atoms with Crippen molar-refractivity contribution in [2.75, 3.05) is 13.1 Å². The second-order valence-electron chi connectivity index (χ2n) is 6.31. The van der Waals surface area contributed by atoms with E-state index in [2.05, 4.69) is 5.32 Å². The van der Waals surface area contributed by atoms with Crippen LogP contribution in [0.5, 0.6) is 0 Å². The molecule has 0 atom stereocenters. The van der Waals surface area contributed by atoms with Gasteiger partial charge in [0.1, 0.15) is 0 Å². The first-order valence-corrected chi connectivity index (χ1v) is 8.73. The van der Waals surface area contributed by atoms with E-state index in [9.17, 15) is 14.4 Å². The van der Waals surface area contributed by atoms with Crippen molar-refractivity contribution in [2.45, 2.75) is 26.7 Å². The molecule has 0 aromatic heterocycles. The van der Waals surface area contributed by atoms with Crippen molar-refractivity contribution >= 4 is 28.5 Å². The van der Waals surface area contributed by atoms with E-state index in [1.54, 1.807) is 12.1 Å². The Morgan fingerprint density at radius 2 is 1.52 bits per heavy atom. The van der Waals surface area contributed by atoms with Crippen LogP contribution in [-0.4, -0.2) is 35.7 Å². The average Bonchev–Trinajstić information content (AvgIpc) is 2.85. The summed E-state index contributed by atoms with van der Waals surface area (Å²) in [6.07, 6.45) is 1.56. The number of imide groups is 1. The van der Waals surface area contributed by atoms with Gasteiger partial charge in [0.2, 0.25) is 5.91 Å². The minimum atomic E-state index is -0.289. The molecule has 3 amide bonds. The summed E-state index contributed by atoms with van der Waals surface area (Å²) in [6.45, 7) is 4.42. The summed E-state index contributed by atoms with van der Waals surface area (Å²) >= 11 is 0. The predicted octanol–water partition coefficient (Wildman–Crippen LogP) is 2.99. The van der Waals surface area contributed by atoms with Gasteiger partial charge < -0.3 is 5.32 Å². The maximum Gasteiger partial charge on any atom is 0.261 e. The van der Waals surface area contributed by atoms with Gasteiger partial charge in [0, 0.05) is 19.0 Å². The van der Waals surface area contributed by atoms with Crippen LogP contribution in [-0.2, 0) is 4.79 Å². The zero-order chi connectivity index (χ0) is 18.0. The molecule has 0 spiro atoms. The molecule has 0 unspecified atom stereocenters. The molecule has 3 rings (SSSR count). The van der Waals surface area contributed by atoms with Crippen LogP contribution in [0.4, 0.5) is 0 Å². The van der Waals surface area contributed by atoms with Crippen molar-refractivity contribution in [2.24, 2.45) is 5.92 Å². The molecule has 1 heterocycles. The molecule has 0 aliphatic carbocycles. The molecule has 0 radical (unpaired) electrons. The van der Waals surface area contributed by atoms with Crippen LogP contribution in [0.2, 0.25) is 0 Å². The number of hydrogen-bond acceptors (Lipinski definition) is 3. The molecule has 5 nitrogen and oxygen atoms in total. The van der Waals surface area contributed by atoms with Crippen LogP contribution < -0.4 is 5.32 Å². The molecule has 2 aromatic carbocycles. The van der Waals surface area contributed by atoms with E-state index in [1.807, 2.05) is 38.1 Å². The number of benzene rings is 2. The number of nitrogens with zero attached hydrogens (tertiary/aromatic N) is 1. The molecular weight excluding hydrogens is 316 g/mol. The molecule has 0 fully saturated rings. The first-order valence-electron chi connectivity index (χ1n) is 8.73. The summed E-state index contributed by atoms with van der Waals surface area (Å²) in [5.74, 6) is -0.620. The lowest BCUT2D eigenvalue weighted by Gasteiger charge is -2.16. The van der Waals surface area contributed by atoms with E-state index in [-0.39, 0.29) is 36.7 Å². The monoisotopic (exact) mass is 338 g/mol. The van der Waals surface area contributed by atoms with Gasteiger partial charge in [-0.15, -0.1) is 0 Å². The lowest BCUT2D eigenvalue weighted by Crippen LogP contribution is -2.39. The van der Waals surface area contributed by atoms with Crippen LogP contribution in [0.1, 0.15) is 47.4 Å². The maximum absolute atomic E-state index is 12.6. The van der Waals surface area contributed by atoms with E-state index >= 15 is 0 Å². The number of fused-ring (bicyclic) bond motifs is 2. The fourth-order valence-electron chi connectivity index (χ4n) is 3.28. The van der Waals surface area contributed by atoms with Gasteiger partial charge in [-0.25, -0.2) is 0 Å². The van der Waals surface area contributed by atoms with Gasteiger partial charge in [-0.1, -0.05) is 38.1 Å². The molecule has 0 saturated carbocycles. The summed E-state index contributed by atoms with van der Waals surface area (Å²) < 4.78 is 0. The largest absolute Gasteiger partial charge is 0.354 e. The lowest BCUT2D eigenvalue weighted by molar-refractivity contribution is -0.125. The Bertz CT molecular complexity index is 785. The van der Waals surface area contributed by atoms with Gasteiger partial charge >= 0.3 is 0 Å². The molecule has 1 aliphatic rings. The molecule has 0 bridgehead atoms. The van der Waals surface area contributed by atoms with Crippen molar-refractivity contribution < 1.29 is 14.4 Å². The molecule has 2 aromatic rings. The van der Waals surface area contributed by atoms with Crippen molar-refractivity contribution in [1.82, 2.24) is 10.2 Å². The van der Waals surface area contributed by atoms with Crippen LogP contribution in [0.3, 0.4) is 0 Å². The molecule has 5 heteroatoms.